The van der Waals surface area contributed by atoms with Crippen LogP contribution >= 0.6 is 0 Å². The number of likely N-dealkylation sites (N-methyl/N-ethyl adjacent to an activating group) is 1. The topological polar surface area (TPSA) is 100 Å². The first-order valence-electron chi connectivity index (χ1n) is 12.1. The minimum Gasteiger partial charge on any atom is -0.472 e. The second kappa shape index (κ2) is 11.1. The Hall–Kier alpha value is -3.41. The van der Waals surface area contributed by atoms with Crippen molar-refractivity contribution in [2.45, 2.75) is 30.9 Å². The number of carbonyl (C=O) groups excluding carboxylic acids is 1. The molecule has 1 aromatic heterocycles. The molecule has 1 amide bonds. The van der Waals surface area contributed by atoms with Crippen LogP contribution in [-0.4, -0.2) is 72.5 Å². The SMILES string of the molecule is C[C@H]1CN([C@@H](C)CO)C(=O)c2cc(-c3cccc(F)c3)cnc2O[C@H]1CN(C)S(=O)(=O)c1cccc(F)c1. The monoisotopic (exact) mass is 545 g/mol. The zero-order valence-electron chi connectivity index (χ0n) is 21.2. The number of halogens is 2. The van der Waals surface area contributed by atoms with Gasteiger partial charge in [0.25, 0.3) is 5.91 Å². The maximum Gasteiger partial charge on any atom is 0.259 e. The number of ether oxygens (including phenoxy) is 1. The second-order valence-corrected chi connectivity index (χ2v) is 11.5. The van der Waals surface area contributed by atoms with Crippen LogP contribution in [0.15, 0.2) is 65.7 Å². The van der Waals surface area contributed by atoms with E-state index in [4.69, 9.17) is 4.74 Å². The lowest BCUT2D eigenvalue weighted by Crippen LogP contribution is -2.50. The minimum absolute atomic E-state index is 0.00148. The number of aliphatic hydroxyl groups is 1. The van der Waals surface area contributed by atoms with E-state index in [1.165, 1.54) is 42.4 Å². The van der Waals surface area contributed by atoms with Gasteiger partial charge in [-0.3, -0.25) is 4.79 Å². The zero-order chi connectivity index (χ0) is 27.6. The molecule has 0 spiro atoms. The number of pyridine rings is 1. The minimum atomic E-state index is -4.04. The van der Waals surface area contributed by atoms with Crippen LogP contribution in [0.3, 0.4) is 0 Å². The normalized spacial score (nSPS) is 18.9. The van der Waals surface area contributed by atoms with Crippen molar-refractivity contribution in [3.05, 3.63) is 78.0 Å². The van der Waals surface area contributed by atoms with Gasteiger partial charge in [0.05, 0.1) is 24.1 Å². The summed E-state index contributed by atoms with van der Waals surface area (Å²) in [5, 5.41) is 9.83. The van der Waals surface area contributed by atoms with E-state index in [9.17, 15) is 27.1 Å². The number of benzene rings is 2. The fourth-order valence-electron chi connectivity index (χ4n) is 4.31. The van der Waals surface area contributed by atoms with Gasteiger partial charge in [0.2, 0.25) is 15.9 Å². The predicted octanol–water partition coefficient (Wildman–Crippen LogP) is 3.57. The number of aliphatic hydroxyl groups excluding tert-OH is 1. The van der Waals surface area contributed by atoms with Crippen molar-refractivity contribution in [2.75, 3.05) is 26.7 Å². The first-order valence-corrected chi connectivity index (χ1v) is 13.5. The van der Waals surface area contributed by atoms with Crippen LogP contribution < -0.4 is 4.74 Å². The number of amides is 1. The van der Waals surface area contributed by atoms with Crippen molar-refractivity contribution in [3.8, 4) is 17.0 Å². The van der Waals surface area contributed by atoms with E-state index in [2.05, 4.69) is 4.98 Å². The van der Waals surface area contributed by atoms with Crippen molar-refractivity contribution in [1.29, 1.82) is 0 Å². The summed E-state index contributed by atoms with van der Waals surface area (Å²) >= 11 is 0. The van der Waals surface area contributed by atoms with E-state index >= 15 is 0 Å². The zero-order valence-corrected chi connectivity index (χ0v) is 22.0. The average Bonchev–Trinajstić information content (AvgIpc) is 2.89. The van der Waals surface area contributed by atoms with E-state index < -0.39 is 39.7 Å². The summed E-state index contributed by atoms with van der Waals surface area (Å²) < 4.78 is 61.0. The highest BCUT2D eigenvalue weighted by Crippen LogP contribution is 2.31. The lowest BCUT2D eigenvalue weighted by atomic mass is 9.99. The molecular formula is C27H29F2N3O5S. The standard InChI is InChI=1S/C27H29F2N3O5S/c1-17-14-32(18(2)16-33)27(34)24-11-20(19-6-4-7-21(28)10-19)13-30-26(24)37-25(17)15-31(3)38(35,36)23-9-5-8-22(29)12-23/h4-13,17-18,25,33H,14-16H2,1-3H3/t17-,18-,25-/m0/s1. The molecule has 0 saturated carbocycles. The van der Waals surface area contributed by atoms with Crippen LogP contribution in [0.5, 0.6) is 5.88 Å². The molecule has 2 heterocycles. The molecule has 0 fully saturated rings. The van der Waals surface area contributed by atoms with Gasteiger partial charge >= 0.3 is 0 Å². The van der Waals surface area contributed by atoms with Gasteiger partial charge < -0.3 is 14.7 Å². The van der Waals surface area contributed by atoms with E-state index in [0.717, 1.165) is 16.4 Å². The Labute approximate surface area is 220 Å². The van der Waals surface area contributed by atoms with Crippen molar-refractivity contribution >= 4 is 15.9 Å². The number of hydrogen-bond acceptors (Lipinski definition) is 6. The molecule has 0 unspecified atom stereocenters. The van der Waals surface area contributed by atoms with Crippen LogP contribution in [0.2, 0.25) is 0 Å². The van der Waals surface area contributed by atoms with Crippen molar-refractivity contribution in [2.24, 2.45) is 5.92 Å². The van der Waals surface area contributed by atoms with Crippen LogP contribution in [0, 0.1) is 17.6 Å². The Morgan fingerprint density at radius 3 is 2.47 bits per heavy atom. The molecule has 1 aliphatic heterocycles. The molecule has 0 bridgehead atoms. The highest BCUT2D eigenvalue weighted by molar-refractivity contribution is 7.89. The molecule has 8 nitrogen and oxygen atoms in total. The Morgan fingerprint density at radius 1 is 1.13 bits per heavy atom. The van der Waals surface area contributed by atoms with Crippen LogP contribution in [0.25, 0.3) is 11.1 Å². The van der Waals surface area contributed by atoms with Crippen molar-refractivity contribution in [1.82, 2.24) is 14.2 Å². The van der Waals surface area contributed by atoms with Crippen LogP contribution in [0.1, 0.15) is 24.2 Å². The van der Waals surface area contributed by atoms with E-state index in [-0.39, 0.29) is 42.0 Å². The molecule has 1 N–H and O–H groups in total. The Morgan fingerprint density at radius 2 is 1.82 bits per heavy atom. The molecule has 2 aromatic carbocycles. The summed E-state index contributed by atoms with van der Waals surface area (Å²) in [6.45, 7) is 3.28. The maximum atomic E-state index is 13.8. The molecular weight excluding hydrogens is 516 g/mol. The first-order chi connectivity index (χ1) is 18.0. The van der Waals surface area contributed by atoms with Crippen molar-refractivity contribution < 1.29 is 31.8 Å². The smallest absolute Gasteiger partial charge is 0.259 e. The number of hydrogen-bond donors (Lipinski definition) is 1. The van der Waals surface area contributed by atoms with E-state index in [1.54, 1.807) is 25.1 Å². The molecule has 1 aliphatic rings. The average molecular weight is 546 g/mol. The molecule has 0 radical (unpaired) electrons. The molecule has 4 rings (SSSR count). The maximum absolute atomic E-state index is 13.8. The third kappa shape index (κ3) is 5.69. The second-order valence-electron chi connectivity index (χ2n) is 9.45. The highest BCUT2D eigenvalue weighted by atomic mass is 32.2. The molecule has 3 aromatic rings. The fraction of sp³-hybridized carbons (Fsp3) is 0.333. The number of sulfonamides is 1. The summed E-state index contributed by atoms with van der Waals surface area (Å²) in [4.78, 5) is 19.2. The Bertz CT molecular complexity index is 1440. The van der Waals surface area contributed by atoms with Crippen LogP contribution in [0.4, 0.5) is 8.78 Å². The van der Waals surface area contributed by atoms with Gasteiger partial charge in [-0.2, -0.15) is 4.31 Å². The van der Waals surface area contributed by atoms with Gasteiger partial charge in [-0.05, 0) is 48.9 Å². The molecule has 202 valence electrons. The van der Waals surface area contributed by atoms with E-state index in [0.29, 0.717) is 11.1 Å². The number of nitrogens with zero attached hydrogens (tertiary/aromatic N) is 3. The molecule has 0 aliphatic carbocycles. The molecule has 11 heteroatoms. The van der Waals surface area contributed by atoms with Gasteiger partial charge in [-0.15, -0.1) is 0 Å². The van der Waals surface area contributed by atoms with Gasteiger partial charge in [0.15, 0.2) is 0 Å². The van der Waals surface area contributed by atoms with Gasteiger partial charge in [0.1, 0.15) is 23.3 Å². The van der Waals surface area contributed by atoms with Gasteiger partial charge in [0, 0.05) is 31.3 Å². The van der Waals surface area contributed by atoms with Crippen molar-refractivity contribution in [3.63, 3.8) is 0 Å². The first kappa shape index (κ1) is 27.6. The van der Waals surface area contributed by atoms with Gasteiger partial charge in [-0.25, -0.2) is 22.2 Å². The summed E-state index contributed by atoms with van der Waals surface area (Å²) in [5.41, 5.74) is 1.12. The molecule has 3 atom stereocenters. The summed E-state index contributed by atoms with van der Waals surface area (Å²) in [6, 6.07) is 11.6. The molecule has 0 saturated heterocycles. The molecule has 38 heavy (non-hydrogen) atoms. The number of aromatic nitrogens is 1. The predicted molar refractivity (Wildman–Crippen MR) is 137 cm³/mol. The Balaban J connectivity index is 1.72. The Kier molecular flexibility index (Phi) is 8.10. The number of fused-ring (bicyclic) bond motifs is 1. The van der Waals surface area contributed by atoms with E-state index in [1.807, 2.05) is 6.92 Å². The summed E-state index contributed by atoms with van der Waals surface area (Å²) in [6.07, 6.45) is 0.716. The summed E-state index contributed by atoms with van der Waals surface area (Å²) in [7, 11) is -2.67. The van der Waals surface area contributed by atoms with Crippen LogP contribution in [-0.2, 0) is 10.0 Å². The fourth-order valence-corrected chi connectivity index (χ4v) is 5.52. The highest BCUT2D eigenvalue weighted by Gasteiger charge is 2.36. The number of carbonyl (C=O) groups is 1. The third-order valence-corrected chi connectivity index (χ3v) is 8.44. The lowest BCUT2D eigenvalue weighted by Gasteiger charge is -2.37. The summed E-state index contributed by atoms with van der Waals surface area (Å²) in [5.74, 6) is -1.90. The lowest BCUT2D eigenvalue weighted by molar-refractivity contribution is 0.0373. The quantitative estimate of drug-likeness (QED) is 0.487. The number of rotatable bonds is 7. The van der Waals surface area contributed by atoms with Gasteiger partial charge in [-0.1, -0.05) is 25.1 Å². The largest absolute Gasteiger partial charge is 0.472 e. The third-order valence-electron chi connectivity index (χ3n) is 6.62.